The standard InChI is InChI=1S/C21H16ClF4N3O5/c1-11(30)5-7-33-19-15(4-3-6-27-19)34-16-9-14(13(23)8-12(16)22)29-18(31)10-17(21(24,25)26)28(2)20(29)32/h3-4,6,8-10H,5,7H2,1-2H3. The van der Waals surface area contributed by atoms with Crippen LogP contribution in [-0.2, 0) is 18.0 Å². The fourth-order valence-electron chi connectivity index (χ4n) is 2.86. The Morgan fingerprint density at radius 2 is 1.88 bits per heavy atom. The smallest absolute Gasteiger partial charge is 0.431 e. The number of rotatable bonds is 7. The Kier molecular flexibility index (Phi) is 7.10. The van der Waals surface area contributed by atoms with E-state index >= 15 is 0 Å². The molecule has 0 saturated carbocycles. The number of nitrogens with zero attached hydrogens (tertiary/aromatic N) is 3. The van der Waals surface area contributed by atoms with E-state index in [1.807, 2.05) is 0 Å². The van der Waals surface area contributed by atoms with Crippen molar-refractivity contribution < 1.29 is 31.8 Å². The van der Waals surface area contributed by atoms with Gasteiger partial charge in [-0.2, -0.15) is 13.2 Å². The Labute approximate surface area is 193 Å². The molecular formula is C21H16ClF4N3O5. The van der Waals surface area contributed by atoms with E-state index in [0.717, 1.165) is 19.2 Å². The van der Waals surface area contributed by atoms with Gasteiger partial charge in [-0.1, -0.05) is 11.6 Å². The van der Waals surface area contributed by atoms with Gasteiger partial charge in [0, 0.05) is 31.8 Å². The lowest BCUT2D eigenvalue weighted by atomic mass is 10.2. The van der Waals surface area contributed by atoms with E-state index in [-0.39, 0.29) is 56.4 Å². The van der Waals surface area contributed by atoms with Gasteiger partial charge in [0.25, 0.3) is 11.4 Å². The molecule has 8 nitrogen and oxygen atoms in total. The van der Waals surface area contributed by atoms with Gasteiger partial charge < -0.3 is 9.47 Å². The third kappa shape index (κ3) is 5.28. The SMILES string of the molecule is CC(=O)CCOc1ncccc1Oc1cc(-n2c(=O)cc(C(F)(F)F)n(C)c2=O)c(F)cc1Cl. The van der Waals surface area contributed by atoms with Gasteiger partial charge in [-0.25, -0.2) is 18.7 Å². The van der Waals surface area contributed by atoms with E-state index in [1.165, 1.54) is 25.3 Å². The highest BCUT2D eigenvalue weighted by Gasteiger charge is 2.35. The Bertz CT molecular complexity index is 1370. The van der Waals surface area contributed by atoms with E-state index in [2.05, 4.69) is 4.98 Å². The predicted octanol–water partition coefficient (Wildman–Crippen LogP) is 3.89. The van der Waals surface area contributed by atoms with E-state index in [0.29, 0.717) is 0 Å². The van der Waals surface area contributed by atoms with Crippen LogP contribution in [0.3, 0.4) is 0 Å². The quantitative estimate of drug-likeness (QED) is 0.456. The minimum Gasteiger partial charge on any atom is -0.475 e. The molecule has 0 bridgehead atoms. The molecule has 0 radical (unpaired) electrons. The predicted molar refractivity (Wildman–Crippen MR) is 112 cm³/mol. The van der Waals surface area contributed by atoms with Crippen molar-refractivity contribution >= 4 is 17.4 Å². The molecule has 0 fully saturated rings. The maximum Gasteiger partial charge on any atom is 0.431 e. The van der Waals surface area contributed by atoms with Crippen molar-refractivity contribution in [3.8, 4) is 23.1 Å². The summed E-state index contributed by atoms with van der Waals surface area (Å²) in [6.45, 7) is 1.38. The van der Waals surface area contributed by atoms with Crippen molar-refractivity contribution in [2.45, 2.75) is 19.5 Å². The van der Waals surface area contributed by atoms with Crippen LogP contribution >= 0.6 is 11.6 Å². The summed E-state index contributed by atoms with van der Waals surface area (Å²) in [4.78, 5) is 40.0. The Morgan fingerprint density at radius 1 is 1.18 bits per heavy atom. The fraction of sp³-hybridized carbons (Fsp3) is 0.238. The number of hydrogen-bond donors (Lipinski definition) is 0. The first-order valence-electron chi connectivity index (χ1n) is 9.55. The number of ketones is 1. The Morgan fingerprint density at radius 3 is 2.53 bits per heavy atom. The van der Waals surface area contributed by atoms with Gasteiger partial charge in [0.05, 0.1) is 17.3 Å². The van der Waals surface area contributed by atoms with Crippen molar-refractivity contribution in [1.82, 2.24) is 14.1 Å². The number of hydrogen-bond acceptors (Lipinski definition) is 6. The maximum absolute atomic E-state index is 14.7. The van der Waals surface area contributed by atoms with Crippen molar-refractivity contribution in [2.75, 3.05) is 6.61 Å². The van der Waals surface area contributed by atoms with Crippen LogP contribution in [0.5, 0.6) is 17.4 Å². The topological polar surface area (TPSA) is 92.4 Å². The lowest BCUT2D eigenvalue weighted by Gasteiger charge is -2.16. The lowest BCUT2D eigenvalue weighted by Crippen LogP contribution is -2.41. The summed E-state index contributed by atoms with van der Waals surface area (Å²) >= 11 is 6.04. The molecule has 2 heterocycles. The maximum atomic E-state index is 14.7. The average Bonchev–Trinajstić information content (AvgIpc) is 2.74. The van der Waals surface area contributed by atoms with Crippen molar-refractivity contribution in [1.29, 1.82) is 0 Å². The number of pyridine rings is 1. The third-order valence-electron chi connectivity index (χ3n) is 4.50. The number of aromatic nitrogens is 3. The van der Waals surface area contributed by atoms with Crippen LogP contribution in [0, 0.1) is 5.82 Å². The van der Waals surface area contributed by atoms with Crippen LogP contribution in [0.25, 0.3) is 5.69 Å². The summed E-state index contributed by atoms with van der Waals surface area (Å²) in [6, 6.07) is 4.72. The first-order valence-corrected chi connectivity index (χ1v) is 9.92. The summed E-state index contributed by atoms with van der Waals surface area (Å²) in [7, 11) is 0.798. The molecule has 3 aromatic rings. The summed E-state index contributed by atoms with van der Waals surface area (Å²) < 4.78 is 65.4. The molecule has 34 heavy (non-hydrogen) atoms. The Balaban J connectivity index is 2.07. The first kappa shape index (κ1) is 25.0. The second kappa shape index (κ2) is 9.67. The van der Waals surface area contributed by atoms with E-state index < -0.39 is 34.6 Å². The number of halogens is 5. The molecule has 0 aliphatic carbocycles. The van der Waals surface area contributed by atoms with E-state index in [4.69, 9.17) is 21.1 Å². The minimum absolute atomic E-state index is 0.00208. The van der Waals surface area contributed by atoms with Gasteiger partial charge in [-0.05, 0) is 25.1 Å². The number of carbonyl (C=O) groups excluding carboxylic acids is 1. The molecule has 0 N–H and O–H groups in total. The average molecular weight is 502 g/mol. The summed E-state index contributed by atoms with van der Waals surface area (Å²) in [6.07, 6.45) is -3.48. The van der Waals surface area contributed by atoms with Crippen LogP contribution < -0.4 is 20.7 Å². The summed E-state index contributed by atoms with van der Waals surface area (Å²) in [5, 5.41) is -0.267. The van der Waals surface area contributed by atoms with Gasteiger partial charge in [-0.15, -0.1) is 0 Å². The molecule has 13 heteroatoms. The van der Waals surface area contributed by atoms with Crippen molar-refractivity contribution in [3.05, 3.63) is 73.9 Å². The molecule has 0 spiro atoms. The molecule has 0 saturated heterocycles. The fourth-order valence-corrected chi connectivity index (χ4v) is 3.05. The molecule has 1 aromatic carbocycles. The third-order valence-corrected chi connectivity index (χ3v) is 4.80. The molecule has 3 rings (SSSR count). The zero-order chi connectivity index (χ0) is 25.2. The zero-order valence-corrected chi connectivity index (χ0v) is 18.4. The molecule has 0 aliphatic heterocycles. The largest absolute Gasteiger partial charge is 0.475 e. The van der Waals surface area contributed by atoms with Crippen LogP contribution in [0.1, 0.15) is 19.0 Å². The molecule has 180 valence electrons. The van der Waals surface area contributed by atoms with Crippen LogP contribution in [0.4, 0.5) is 17.6 Å². The minimum atomic E-state index is -4.97. The van der Waals surface area contributed by atoms with Gasteiger partial charge in [-0.3, -0.25) is 14.2 Å². The molecule has 0 unspecified atom stereocenters. The molecular weight excluding hydrogens is 486 g/mol. The van der Waals surface area contributed by atoms with Crippen molar-refractivity contribution in [3.63, 3.8) is 0 Å². The molecule has 0 atom stereocenters. The van der Waals surface area contributed by atoms with Crippen molar-refractivity contribution in [2.24, 2.45) is 7.05 Å². The van der Waals surface area contributed by atoms with E-state index in [1.54, 1.807) is 0 Å². The van der Waals surface area contributed by atoms with Gasteiger partial charge in [0.15, 0.2) is 5.75 Å². The molecule has 0 amide bonds. The van der Waals surface area contributed by atoms with Crippen LogP contribution in [0.15, 0.2) is 46.1 Å². The number of Topliss-reactive ketones (excluding diaryl/α,β-unsaturated/α-hetero) is 1. The number of ether oxygens (including phenoxy) is 2. The molecule has 0 aliphatic rings. The van der Waals surface area contributed by atoms with Crippen LogP contribution in [0.2, 0.25) is 5.02 Å². The molecule has 2 aromatic heterocycles. The lowest BCUT2D eigenvalue weighted by molar-refractivity contribution is -0.144. The highest BCUT2D eigenvalue weighted by molar-refractivity contribution is 6.32. The first-order chi connectivity index (χ1) is 15.9. The van der Waals surface area contributed by atoms with Gasteiger partial charge in [0.2, 0.25) is 0 Å². The highest BCUT2D eigenvalue weighted by atomic mass is 35.5. The number of carbonyl (C=O) groups is 1. The highest BCUT2D eigenvalue weighted by Crippen LogP contribution is 2.36. The Hall–Kier alpha value is -3.67. The zero-order valence-electron chi connectivity index (χ0n) is 17.7. The van der Waals surface area contributed by atoms with Gasteiger partial charge in [0.1, 0.15) is 23.0 Å². The van der Waals surface area contributed by atoms with Gasteiger partial charge >= 0.3 is 11.9 Å². The summed E-state index contributed by atoms with van der Waals surface area (Å²) in [5.74, 6) is -1.52. The number of benzene rings is 1. The summed E-state index contributed by atoms with van der Waals surface area (Å²) in [5.41, 5.74) is -5.01. The second-order valence-electron chi connectivity index (χ2n) is 6.99. The van der Waals surface area contributed by atoms with E-state index in [9.17, 15) is 31.9 Å². The van der Waals surface area contributed by atoms with Crippen LogP contribution in [-0.4, -0.2) is 26.5 Å². The second-order valence-corrected chi connectivity index (χ2v) is 7.39. The monoisotopic (exact) mass is 501 g/mol. The number of alkyl halides is 3. The normalized spacial score (nSPS) is 11.4.